The number of nitrogens with one attached hydrogen (secondary N) is 2. The highest BCUT2D eigenvalue weighted by Crippen LogP contribution is 2.11. The summed E-state index contributed by atoms with van der Waals surface area (Å²) in [6.07, 6.45) is 1.91. The van der Waals surface area contributed by atoms with Crippen LogP contribution in [0.2, 0.25) is 0 Å². The molecule has 21 heavy (non-hydrogen) atoms. The molecule has 0 aliphatic rings. The van der Waals surface area contributed by atoms with Crippen molar-refractivity contribution in [1.29, 1.82) is 0 Å². The minimum Gasteiger partial charge on any atom is -0.344 e. The van der Waals surface area contributed by atoms with Crippen LogP contribution in [0.3, 0.4) is 0 Å². The summed E-state index contributed by atoms with van der Waals surface area (Å²) in [7, 11) is 0. The number of hydrogen-bond donors (Lipinski definition) is 2. The van der Waals surface area contributed by atoms with E-state index in [-0.39, 0.29) is 23.2 Å². The Morgan fingerprint density at radius 2 is 2.10 bits per heavy atom. The average molecular weight is 303 g/mol. The molecule has 1 atom stereocenters. The largest absolute Gasteiger partial charge is 0.344 e. The van der Waals surface area contributed by atoms with Crippen LogP contribution in [0, 0.1) is 0 Å². The second-order valence-electron chi connectivity index (χ2n) is 4.62. The Kier molecular flexibility index (Phi) is 5.16. The maximum Gasteiger partial charge on any atom is 0.270 e. The first-order valence-electron chi connectivity index (χ1n) is 6.55. The van der Waals surface area contributed by atoms with Gasteiger partial charge in [-0.15, -0.1) is 0 Å². The van der Waals surface area contributed by atoms with E-state index in [0.717, 1.165) is 5.56 Å². The third kappa shape index (κ3) is 4.19. The van der Waals surface area contributed by atoms with Crippen LogP contribution < -0.4 is 10.9 Å². The van der Waals surface area contributed by atoms with Gasteiger partial charge >= 0.3 is 0 Å². The van der Waals surface area contributed by atoms with E-state index in [1.54, 1.807) is 0 Å². The van der Waals surface area contributed by atoms with Crippen LogP contribution in [-0.4, -0.2) is 22.1 Å². The summed E-state index contributed by atoms with van der Waals surface area (Å²) < 4.78 is 0. The Morgan fingerprint density at radius 3 is 2.76 bits per heavy atom. The van der Waals surface area contributed by atoms with Crippen molar-refractivity contribution in [3.8, 4) is 0 Å². The molecule has 0 aliphatic heterocycles. The summed E-state index contributed by atoms with van der Waals surface area (Å²) in [6, 6.07) is 10.7. The van der Waals surface area contributed by atoms with Crippen LogP contribution in [0.4, 0.5) is 0 Å². The summed E-state index contributed by atoms with van der Waals surface area (Å²) in [6.45, 7) is 1.89. The summed E-state index contributed by atoms with van der Waals surface area (Å²) in [5.74, 6) is 0.720. The zero-order valence-electron chi connectivity index (χ0n) is 11.9. The molecule has 0 radical (unpaired) electrons. The number of hydrogen-bond acceptors (Lipinski definition) is 4. The van der Waals surface area contributed by atoms with Crippen molar-refractivity contribution in [2.45, 2.75) is 18.7 Å². The van der Waals surface area contributed by atoms with Gasteiger partial charge in [0, 0.05) is 6.07 Å². The van der Waals surface area contributed by atoms with E-state index in [0.29, 0.717) is 11.6 Å². The smallest absolute Gasteiger partial charge is 0.270 e. The fraction of sp³-hybridized carbons (Fsp3) is 0.267. The van der Waals surface area contributed by atoms with Gasteiger partial charge < -0.3 is 10.3 Å². The third-order valence-electron chi connectivity index (χ3n) is 2.95. The zero-order chi connectivity index (χ0) is 15.2. The van der Waals surface area contributed by atoms with Gasteiger partial charge in [-0.1, -0.05) is 30.3 Å². The maximum atomic E-state index is 12.2. The molecular weight excluding hydrogens is 286 g/mol. The molecule has 1 heterocycles. The number of carbonyl (C=O) groups is 1. The van der Waals surface area contributed by atoms with Gasteiger partial charge in [-0.05, 0) is 18.7 Å². The van der Waals surface area contributed by atoms with Gasteiger partial charge in [-0.25, -0.2) is 4.98 Å². The van der Waals surface area contributed by atoms with E-state index in [2.05, 4.69) is 15.3 Å². The van der Waals surface area contributed by atoms with Gasteiger partial charge in [-0.2, -0.15) is 11.8 Å². The van der Waals surface area contributed by atoms with Gasteiger partial charge in [0.1, 0.15) is 11.5 Å². The monoisotopic (exact) mass is 303 g/mol. The molecule has 0 fully saturated rings. The van der Waals surface area contributed by atoms with Crippen molar-refractivity contribution in [3.05, 3.63) is 63.8 Å². The van der Waals surface area contributed by atoms with Crippen molar-refractivity contribution in [2.75, 3.05) is 6.26 Å². The van der Waals surface area contributed by atoms with Crippen LogP contribution in [-0.2, 0) is 5.75 Å². The molecule has 5 nitrogen and oxygen atoms in total. The maximum absolute atomic E-state index is 12.2. The van der Waals surface area contributed by atoms with Crippen LogP contribution in [0.15, 0.2) is 41.2 Å². The Balaban J connectivity index is 2.15. The number of amides is 1. The molecule has 0 saturated heterocycles. The third-order valence-corrected chi connectivity index (χ3v) is 3.51. The number of nitrogens with zero attached hydrogens (tertiary/aromatic N) is 1. The van der Waals surface area contributed by atoms with Crippen molar-refractivity contribution in [2.24, 2.45) is 0 Å². The molecule has 0 spiro atoms. The van der Waals surface area contributed by atoms with Gasteiger partial charge in [0.05, 0.1) is 11.8 Å². The van der Waals surface area contributed by atoms with Crippen molar-refractivity contribution < 1.29 is 4.79 Å². The molecule has 6 heteroatoms. The van der Waals surface area contributed by atoms with E-state index in [1.165, 1.54) is 17.8 Å². The van der Waals surface area contributed by atoms with E-state index < -0.39 is 0 Å². The lowest BCUT2D eigenvalue weighted by molar-refractivity contribution is 0.0934. The van der Waals surface area contributed by atoms with E-state index in [9.17, 15) is 9.59 Å². The molecule has 2 N–H and O–H groups in total. The molecule has 1 amide bonds. The van der Waals surface area contributed by atoms with E-state index >= 15 is 0 Å². The highest BCUT2D eigenvalue weighted by atomic mass is 32.2. The first-order chi connectivity index (χ1) is 10.1. The van der Waals surface area contributed by atoms with Crippen molar-refractivity contribution in [3.63, 3.8) is 0 Å². The fourth-order valence-corrected chi connectivity index (χ4v) is 2.34. The second kappa shape index (κ2) is 7.08. The molecule has 0 aliphatic carbocycles. The Labute approximate surface area is 127 Å². The van der Waals surface area contributed by atoms with Gasteiger partial charge in [0.2, 0.25) is 0 Å². The predicted octanol–water partition coefficient (Wildman–Crippen LogP) is 2.12. The molecule has 1 aromatic heterocycles. The SMILES string of the molecule is CSCc1nc(C(=O)NC(C)c2ccccc2)cc(=O)[nH]1. The lowest BCUT2D eigenvalue weighted by atomic mass is 10.1. The topological polar surface area (TPSA) is 74.8 Å². The number of benzene rings is 1. The van der Waals surface area contributed by atoms with E-state index in [4.69, 9.17) is 0 Å². The quantitative estimate of drug-likeness (QED) is 0.887. The molecule has 110 valence electrons. The number of thioether (sulfide) groups is 1. The minimum absolute atomic E-state index is 0.144. The Morgan fingerprint density at radius 1 is 1.38 bits per heavy atom. The molecule has 2 aromatic rings. The zero-order valence-corrected chi connectivity index (χ0v) is 12.7. The van der Waals surface area contributed by atoms with Crippen LogP contribution in [0.1, 0.15) is 34.8 Å². The molecular formula is C15H17N3O2S. The minimum atomic E-state index is -0.347. The van der Waals surface area contributed by atoms with Gasteiger partial charge in [0.15, 0.2) is 0 Å². The second-order valence-corrected chi connectivity index (χ2v) is 5.48. The fourth-order valence-electron chi connectivity index (χ4n) is 1.93. The Bertz CT molecular complexity index is 670. The van der Waals surface area contributed by atoms with Crippen LogP contribution >= 0.6 is 11.8 Å². The normalized spacial score (nSPS) is 11.9. The molecule has 1 unspecified atom stereocenters. The Hall–Kier alpha value is -2.08. The molecule has 2 rings (SSSR count). The lowest BCUT2D eigenvalue weighted by Crippen LogP contribution is -2.29. The lowest BCUT2D eigenvalue weighted by Gasteiger charge is -2.14. The summed E-state index contributed by atoms with van der Waals surface area (Å²) in [5.41, 5.74) is 0.831. The van der Waals surface area contributed by atoms with Crippen LogP contribution in [0.5, 0.6) is 0 Å². The first kappa shape index (κ1) is 15.3. The highest BCUT2D eigenvalue weighted by Gasteiger charge is 2.14. The summed E-state index contributed by atoms with van der Waals surface area (Å²) in [4.78, 5) is 30.6. The number of rotatable bonds is 5. The number of carbonyl (C=O) groups excluding carboxylic acids is 1. The van der Waals surface area contributed by atoms with Gasteiger partial charge in [0.25, 0.3) is 11.5 Å². The number of aromatic amines is 1. The molecule has 1 aromatic carbocycles. The number of aromatic nitrogens is 2. The standard InChI is InChI=1S/C15H17N3O2S/c1-10(11-6-4-3-5-7-11)16-15(20)12-8-14(19)18-13(17-12)9-21-2/h3-8,10H,9H2,1-2H3,(H,16,20)(H,17,18,19). The first-order valence-corrected chi connectivity index (χ1v) is 7.94. The van der Waals surface area contributed by atoms with Gasteiger partial charge in [-0.3, -0.25) is 9.59 Å². The molecule has 0 bridgehead atoms. The summed E-state index contributed by atoms with van der Waals surface area (Å²) >= 11 is 1.53. The average Bonchev–Trinajstić information content (AvgIpc) is 2.48. The molecule has 0 saturated carbocycles. The van der Waals surface area contributed by atoms with E-state index in [1.807, 2.05) is 43.5 Å². The van der Waals surface area contributed by atoms with Crippen LogP contribution in [0.25, 0.3) is 0 Å². The highest BCUT2D eigenvalue weighted by molar-refractivity contribution is 7.97. The predicted molar refractivity (Wildman–Crippen MR) is 84.4 cm³/mol. The number of H-pyrrole nitrogens is 1. The van der Waals surface area contributed by atoms with Crippen molar-refractivity contribution in [1.82, 2.24) is 15.3 Å². The van der Waals surface area contributed by atoms with Crippen molar-refractivity contribution >= 4 is 17.7 Å². The summed E-state index contributed by atoms with van der Waals surface area (Å²) in [5, 5.41) is 2.85.